The van der Waals surface area contributed by atoms with E-state index in [0.717, 1.165) is 66.1 Å². The van der Waals surface area contributed by atoms with Gasteiger partial charge in [-0.15, -0.1) is 0 Å². The molecular weight excluding hydrogens is 607 g/mol. The van der Waals surface area contributed by atoms with E-state index in [0.29, 0.717) is 12.4 Å². The first kappa shape index (κ1) is 33.1. The van der Waals surface area contributed by atoms with Crippen molar-refractivity contribution < 1.29 is 22.4 Å². The molecule has 1 unspecified atom stereocenters. The van der Waals surface area contributed by atoms with E-state index >= 15 is 0 Å². The van der Waals surface area contributed by atoms with E-state index in [4.69, 9.17) is 9.16 Å². The minimum absolute atomic E-state index is 0.0214. The van der Waals surface area contributed by atoms with Gasteiger partial charge >= 0.3 is 10.2 Å². The molecule has 2 aliphatic heterocycles. The summed E-state index contributed by atoms with van der Waals surface area (Å²) >= 11 is 0. The van der Waals surface area contributed by atoms with Crippen molar-refractivity contribution in [3.05, 3.63) is 65.5 Å². The van der Waals surface area contributed by atoms with Crippen molar-refractivity contribution in [2.24, 2.45) is 0 Å². The van der Waals surface area contributed by atoms with Crippen LogP contribution in [-0.4, -0.2) is 99.5 Å². The number of aromatic nitrogens is 1. The summed E-state index contributed by atoms with van der Waals surface area (Å²) < 4.78 is 43.0. The van der Waals surface area contributed by atoms with Gasteiger partial charge in [-0.3, -0.25) is 14.0 Å². The number of piperazine rings is 1. The Labute approximate surface area is 268 Å². The second-order valence-electron chi connectivity index (χ2n) is 13.6. The van der Waals surface area contributed by atoms with Crippen molar-refractivity contribution >= 4 is 41.4 Å². The van der Waals surface area contributed by atoms with E-state index in [2.05, 4.69) is 43.7 Å². The fourth-order valence-corrected chi connectivity index (χ4v) is 7.69. The molecule has 10 nitrogen and oxygen atoms in total. The van der Waals surface area contributed by atoms with Crippen LogP contribution in [0.2, 0.25) is 18.1 Å². The highest BCUT2D eigenvalue weighted by atomic mass is 32.2. The second kappa shape index (κ2) is 12.5. The first-order chi connectivity index (χ1) is 21.1. The molecule has 12 heteroatoms. The third-order valence-electron chi connectivity index (χ3n) is 9.41. The number of carbonyl (C=O) groups excluding carboxylic acids is 1. The average molecular weight is 654 g/mol. The molecule has 1 fully saturated rings. The molecule has 1 aromatic heterocycles. The van der Waals surface area contributed by atoms with Gasteiger partial charge in [0.15, 0.2) is 0 Å². The van der Waals surface area contributed by atoms with Gasteiger partial charge in [0.05, 0.1) is 11.6 Å². The summed E-state index contributed by atoms with van der Waals surface area (Å²) in [7, 11) is -2.87. The maximum Gasteiger partial charge on any atom is 0.303 e. The van der Waals surface area contributed by atoms with Gasteiger partial charge in [-0.2, -0.15) is 12.7 Å². The van der Waals surface area contributed by atoms with Gasteiger partial charge in [-0.1, -0.05) is 39.0 Å². The number of hydrogen-bond donors (Lipinski definition) is 1. The lowest BCUT2D eigenvalue weighted by Crippen LogP contribution is -2.48. The lowest BCUT2D eigenvalue weighted by atomic mass is 9.92. The lowest BCUT2D eigenvalue weighted by molar-refractivity contribution is -0.130. The maximum absolute atomic E-state index is 13.7. The van der Waals surface area contributed by atoms with Crippen LogP contribution in [0.15, 0.2) is 48.8 Å². The summed E-state index contributed by atoms with van der Waals surface area (Å²) in [5.74, 6) is 1.57. The molecule has 45 heavy (non-hydrogen) atoms. The topological polar surface area (TPSA) is 98.4 Å². The van der Waals surface area contributed by atoms with Crippen LogP contribution in [0.1, 0.15) is 50.4 Å². The van der Waals surface area contributed by atoms with Crippen LogP contribution < -0.4 is 9.16 Å². The SMILES string of the molecule is CC(=O)N1CCN(CCOc2ccc3c(c2)C(c2c[nH]c4c(O[Si](C)(C)C(C)(C)C)cccc24)N(S(=O)(=O)N(C)C)C=C3)CC1. The third kappa shape index (κ3) is 6.65. The monoisotopic (exact) mass is 653 g/mol. The number of carbonyl (C=O) groups is 1. The molecule has 0 saturated carbocycles. The Hall–Kier alpha value is -3.32. The number of H-pyrrole nitrogens is 1. The van der Waals surface area contributed by atoms with Crippen LogP contribution in [0.25, 0.3) is 17.0 Å². The molecule has 1 N–H and O–H groups in total. The number of rotatable bonds is 9. The Morgan fingerprint density at radius 1 is 1.07 bits per heavy atom. The minimum atomic E-state index is -3.83. The van der Waals surface area contributed by atoms with E-state index in [1.54, 1.807) is 27.2 Å². The van der Waals surface area contributed by atoms with Crippen molar-refractivity contribution in [1.82, 2.24) is 23.4 Å². The number of benzene rings is 2. The zero-order valence-corrected chi connectivity index (χ0v) is 29.6. The van der Waals surface area contributed by atoms with Crippen LogP contribution in [0, 0.1) is 0 Å². The van der Waals surface area contributed by atoms with E-state index in [1.807, 2.05) is 53.6 Å². The van der Waals surface area contributed by atoms with Gasteiger partial charge in [0.1, 0.15) is 18.1 Å². The number of ether oxygens (including phenoxy) is 1. The van der Waals surface area contributed by atoms with E-state index in [1.165, 1.54) is 8.61 Å². The molecule has 244 valence electrons. The molecule has 3 heterocycles. The highest BCUT2D eigenvalue weighted by Gasteiger charge is 2.40. The fourth-order valence-electron chi connectivity index (χ4n) is 5.58. The van der Waals surface area contributed by atoms with Crippen LogP contribution in [0.5, 0.6) is 11.5 Å². The van der Waals surface area contributed by atoms with Crippen molar-refractivity contribution in [1.29, 1.82) is 0 Å². The summed E-state index contributed by atoms with van der Waals surface area (Å²) in [5.41, 5.74) is 3.46. The fraction of sp³-hybridized carbons (Fsp3) is 0.485. The Bertz CT molecular complexity index is 1690. The van der Waals surface area contributed by atoms with Gasteiger partial charge in [-0.25, -0.2) is 0 Å². The van der Waals surface area contributed by atoms with Crippen LogP contribution in [0.4, 0.5) is 0 Å². The molecule has 1 atom stereocenters. The van der Waals surface area contributed by atoms with Crippen LogP contribution in [0.3, 0.4) is 0 Å². The van der Waals surface area contributed by atoms with Gasteiger partial charge < -0.3 is 19.0 Å². The average Bonchev–Trinajstić information content (AvgIpc) is 3.41. The summed E-state index contributed by atoms with van der Waals surface area (Å²) in [5, 5.41) is 0.931. The first-order valence-corrected chi connectivity index (χ1v) is 19.8. The molecule has 3 aromatic rings. The number of nitrogens with zero attached hydrogens (tertiary/aromatic N) is 4. The van der Waals surface area contributed by atoms with E-state index in [9.17, 15) is 13.2 Å². The number of aromatic amines is 1. The van der Waals surface area contributed by atoms with Gasteiger partial charge in [0.25, 0.3) is 8.32 Å². The predicted octanol–water partition coefficient (Wildman–Crippen LogP) is 5.28. The summed E-state index contributed by atoms with van der Waals surface area (Å²) in [6.45, 7) is 17.0. The standard InChI is InChI=1S/C33H47N5O5SSi/c1-24(39)37-18-16-36(17-19-37)20-21-42-26-13-12-25-14-15-38(44(40,41)35(5)6)32(28(25)22-26)29-23-34-31-27(29)10-9-11-30(31)43-45(7,8)33(2,3)4/h9-15,22-23,32,34H,16-21H2,1-8H3. The molecule has 0 spiro atoms. The van der Waals surface area contributed by atoms with Crippen molar-refractivity contribution in [2.75, 3.05) is 53.4 Å². The van der Waals surface area contributed by atoms with Gasteiger partial charge in [0, 0.05) is 77.1 Å². The van der Waals surface area contributed by atoms with Crippen molar-refractivity contribution in [3.63, 3.8) is 0 Å². The normalized spacial score (nSPS) is 18.0. The number of para-hydroxylation sites is 1. The predicted molar refractivity (Wildman–Crippen MR) is 182 cm³/mol. The molecule has 0 aliphatic carbocycles. The zero-order valence-electron chi connectivity index (χ0n) is 27.8. The quantitative estimate of drug-likeness (QED) is 0.316. The van der Waals surface area contributed by atoms with Crippen molar-refractivity contribution in [3.8, 4) is 11.5 Å². The number of hydrogen-bond acceptors (Lipinski definition) is 6. The Kier molecular flexibility index (Phi) is 9.15. The molecule has 1 amide bonds. The Balaban J connectivity index is 1.47. The van der Waals surface area contributed by atoms with E-state index in [-0.39, 0.29) is 10.9 Å². The van der Waals surface area contributed by atoms with Crippen LogP contribution in [-0.2, 0) is 15.0 Å². The summed E-state index contributed by atoms with van der Waals surface area (Å²) in [6.07, 6.45) is 5.40. The molecule has 0 bridgehead atoms. The molecule has 5 rings (SSSR count). The Morgan fingerprint density at radius 3 is 2.42 bits per heavy atom. The molecule has 2 aliphatic rings. The smallest absolute Gasteiger partial charge is 0.303 e. The summed E-state index contributed by atoms with van der Waals surface area (Å²) in [6, 6.07) is 11.2. The van der Waals surface area contributed by atoms with E-state index < -0.39 is 24.6 Å². The lowest BCUT2D eigenvalue weighted by Gasteiger charge is -2.37. The Morgan fingerprint density at radius 2 is 1.78 bits per heavy atom. The molecular formula is C33H47N5O5SSi. The number of fused-ring (bicyclic) bond motifs is 2. The highest BCUT2D eigenvalue weighted by molar-refractivity contribution is 7.86. The summed E-state index contributed by atoms with van der Waals surface area (Å²) in [4.78, 5) is 19.3. The highest BCUT2D eigenvalue weighted by Crippen LogP contribution is 2.44. The largest absolute Gasteiger partial charge is 0.542 e. The number of amides is 1. The molecule has 0 radical (unpaired) electrons. The number of nitrogens with one attached hydrogen (secondary N) is 1. The first-order valence-electron chi connectivity index (χ1n) is 15.5. The zero-order chi connectivity index (χ0) is 32.7. The third-order valence-corrected chi connectivity index (χ3v) is 15.5. The maximum atomic E-state index is 13.7. The van der Waals surface area contributed by atoms with Crippen LogP contribution >= 0.6 is 0 Å². The van der Waals surface area contributed by atoms with Crippen molar-refractivity contribution in [2.45, 2.75) is 51.9 Å². The molecule has 2 aromatic carbocycles. The van der Waals surface area contributed by atoms with Gasteiger partial charge in [0.2, 0.25) is 5.91 Å². The molecule has 1 saturated heterocycles. The second-order valence-corrected chi connectivity index (χ2v) is 20.4. The minimum Gasteiger partial charge on any atom is -0.542 e. The van der Waals surface area contributed by atoms with Gasteiger partial charge in [-0.05, 0) is 53.5 Å².